The average Bonchev–Trinajstić information content (AvgIpc) is 2.79. The highest BCUT2D eigenvalue weighted by atomic mass is 19.3. The summed E-state index contributed by atoms with van der Waals surface area (Å²) in [6.07, 6.45) is 0. The van der Waals surface area contributed by atoms with Gasteiger partial charge < -0.3 is 14.2 Å². The molecule has 35 heavy (non-hydrogen) atoms. The van der Waals surface area contributed by atoms with Crippen molar-refractivity contribution in [2.45, 2.75) is 32.3 Å². The Kier molecular flexibility index (Phi) is 6.33. The zero-order valence-electron chi connectivity index (χ0n) is 18.5. The fourth-order valence-electron chi connectivity index (χ4n) is 3.93. The van der Waals surface area contributed by atoms with Crippen molar-refractivity contribution < 1.29 is 44.9 Å². The van der Waals surface area contributed by atoms with Gasteiger partial charge in [-0.05, 0) is 61.4 Å². The number of ether oxygens (including phenoxy) is 3. The van der Waals surface area contributed by atoms with Crippen LogP contribution >= 0.6 is 0 Å². The molecule has 0 bridgehead atoms. The predicted octanol–water partition coefficient (Wildman–Crippen LogP) is 7.34. The first-order valence-corrected chi connectivity index (χ1v) is 10.6. The minimum absolute atomic E-state index is 0.0430. The van der Waals surface area contributed by atoms with Crippen LogP contribution in [0.2, 0.25) is 0 Å². The SMILES string of the molecule is CCOc1ccc(COc2ccc3c(c2F)C(F)(F)C(F)(F)c2c-3ccc(OCC)c2F)c(F)c1. The van der Waals surface area contributed by atoms with Gasteiger partial charge in [0.25, 0.3) is 0 Å². The second kappa shape index (κ2) is 8.98. The Morgan fingerprint density at radius 2 is 1.17 bits per heavy atom. The Balaban J connectivity index is 1.76. The topological polar surface area (TPSA) is 27.7 Å². The molecule has 3 aromatic carbocycles. The van der Waals surface area contributed by atoms with E-state index in [4.69, 9.17) is 14.2 Å². The summed E-state index contributed by atoms with van der Waals surface area (Å²) >= 11 is 0. The maximum atomic E-state index is 15.2. The molecule has 0 fully saturated rings. The number of hydrogen-bond donors (Lipinski definition) is 0. The molecule has 0 saturated carbocycles. The van der Waals surface area contributed by atoms with Crippen LogP contribution in [0.15, 0.2) is 42.5 Å². The summed E-state index contributed by atoms with van der Waals surface area (Å²) < 4.78 is 119. The number of fused-ring (bicyclic) bond motifs is 3. The van der Waals surface area contributed by atoms with E-state index in [1.54, 1.807) is 6.92 Å². The van der Waals surface area contributed by atoms with E-state index in [0.717, 1.165) is 30.3 Å². The Morgan fingerprint density at radius 1 is 0.657 bits per heavy atom. The van der Waals surface area contributed by atoms with Crippen molar-refractivity contribution in [3.8, 4) is 28.4 Å². The molecule has 3 aromatic rings. The first kappa shape index (κ1) is 24.7. The highest BCUT2D eigenvalue weighted by Gasteiger charge is 2.65. The predicted molar refractivity (Wildman–Crippen MR) is 113 cm³/mol. The van der Waals surface area contributed by atoms with Crippen LogP contribution in [0.4, 0.5) is 30.7 Å². The molecule has 0 radical (unpaired) electrons. The largest absolute Gasteiger partial charge is 0.494 e. The van der Waals surface area contributed by atoms with Crippen molar-refractivity contribution in [2.24, 2.45) is 0 Å². The van der Waals surface area contributed by atoms with Gasteiger partial charge in [0.1, 0.15) is 18.2 Å². The molecule has 0 aliphatic heterocycles. The van der Waals surface area contributed by atoms with Crippen LogP contribution < -0.4 is 14.2 Å². The lowest BCUT2D eigenvalue weighted by molar-refractivity contribution is -0.228. The van der Waals surface area contributed by atoms with Crippen molar-refractivity contribution in [1.29, 1.82) is 0 Å². The maximum absolute atomic E-state index is 15.2. The van der Waals surface area contributed by atoms with Gasteiger partial charge >= 0.3 is 11.8 Å². The van der Waals surface area contributed by atoms with Crippen LogP contribution in [-0.2, 0) is 18.5 Å². The minimum Gasteiger partial charge on any atom is -0.494 e. The van der Waals surface area contributed by atoms with Gasteiger partial charge in [0.2, 0.25) is 0 Å². The third kappa shape index (κ3) is 3.94. The lowest BCUT2D eigenvalue weighted by Crippen LogP contribution is -2.41. The van der Waals surface area contributed by atoms with Crippen molar-refractivity contribution >= 4 is 0 Å². The van der Waals surface area contributed by atoms with Crippen LogP contribution in [0.1, 0.15) is 30.5 Å². The Morgan fingerprint density at radius 3 is 1.66 bits per heavy atom. The van der Waals surface area contributed by atoms with Crippen LogP contribution in [0.3, 0.4) is 0 Å². The van der Waals surface area contributed by atoms with E-state index < -0.39 is 69.7 Å². The van der Waals surface area contributed by atoms with E-state index in [1.165, 1.54) is 19.1 Å². The minimum atomic E-state index is -5.12. The maximum Gasteiger partial charge on any atom is 0.343 e. The number of alkyl halides is 4. The number of halogens is 7. The van der Waals surface area contributed by atoms with Crippen LogP contribution in [0, 0.1) is 17.5 Å². The van der Waals surface area contributed by atoms with Gasteiger partial charge in [-0.3, -0.25) is 0 Å². The molecule has 0 atom stereocenters. The van der Waals surface area contributed by atoms with Gasteiger partial charge in [0, 0.05) is 11.6 Å². The van der Waals surface area contributed by atoms with Gasteiger partial charge in [-0.25, -0.2) is 13.2 Å². The summed E-state index contributed by atoms with van der Waals surface area (Å²) in [6.45, 7) is 2.82. The zero-order chi connectivity index (χ0) is 25.5. The van der Waals surface area contributed by atoms with E-state index in [2.05, 4.69) is 0 Å². The lowest BCUT2D eigenvalue weighted by atomic mass is 9.79. The molecule has 0 aromatic heterocycles. The molecular formula is C25H19F7O3. The summed E-state index contributed by atoms with van der Waals surface area (Å²) in [5.74, 6) is -15.5. The third-order valence-electron chi connectivity index (χ3n) is 5.54. The molecule has 10 heteroatoms. The first-order chi connectivity index (χ1) is 16.5. The fourth-order valence-corrected chi connectivity index (χ4v) is 3.93. The molecule has 0 spiro atoms. The molecular weight excluding hydrogens is 481 g/mol. The second-order valence-electron chi connectivity index (χ2n) is 7.66. The molecule has 0 amide bonds. The summed E-state index contributed by atoms with van der Waals surface area (Å²) in [4.78, 5) is 0. The summed E-state index contributed by atoms with van der Waals surface area (Å²) in [5.41, 5.74) is -4.47. The van der Waals surface area contributed by atoms with E-state index >= 15 is 13.2 Å². The van der Waals surface area contributed by atoms with Crippen molar-refractivity contribution in [3.05, 3.63) is 76.6 Å². The van der Waals surface area contributed by atoms with Crippen molar-refractivity contribution in [2.75, 3.05) is 13.2 Å². The molecule has 186 valence electrons. The normalized spacial score (nSPS) is 15.2. The number of benzene rings is 3. The van der Waals surface area contributed by atoms with Crippen molar-refractivity contribution in [1.82, 2.24) is 0 Å². The molecule has 0 heterocycles. The van der Waals surface area contributed by atoms with Crippen molar-refractivity contribution in [3.63, 3.8) is 0 Å². The van der Waals surface area contributed by atoms with E-state index in [0.29, 0.717) is 6.61 Å². The number of rotatable bonds is 7. The van der Waals surface area contributed by atoms with Gasteiger partial charge in [0.15, 0.2) is 23.1 Å². The molecule has 1 aliphatic carbocycles. The molecule has 0 unspecified atom stereocenters. The lowest BCUT2D eigenvalue weighted by Gasteiger charge is -2.35. The second-order valence-corrected chi connectivity index (χ2v) is 7.66. The molecule has 0 saturated heterocycles. The molecule has 3 nitrogen and oxygen atoms in total. The van der Waals surface area contributed by atoms with Crippen LogP contribution in [-0.4, -0.2) is 13.2 Å². The third-order valence-corrected chi connectivity index (χ3v) is 5.54. The summed E-state index contributed by atoms with van der Waals surface area (Å²) in [6, 6.07) is 7.67. The molecule has 1 aliphatic rings. The Hall–Kier alpha value is -3.43. The standard InChI is InChI=1S/C25H19F7O3/c1-3-33-14-6-5-13(17(26)11-14)12-35-19-10-8-16-15-7-9-18(34-4-2)22(27)20(15)24(29,30)25(31,32)21(16)23(19)28/h5-11H,3-4,12H2,1-2H3. The van der Waals surface area contributed by atoms with Gasteiger partial charge in [-0.2, -0.15) is 17.6 Å². The molecule has 4 rings (SSSR count). The van der Waals surface area contributed by atoms with Crippen LogP contribution in [0.25, 0.3) is 11.1 Å². The van der Waals surface area contributed by atoms with Gasteiger partial charge in [-0.15, -0.1) is 0 Å². The fraction of sp³-hybridized carbons (Fsp3) is 0.280. The highest BCUT2D eigenvalue weighted by molar-refractivity contribution is 5.78. The smallest absolute Gasteiger partial charge is 0.343 e. The highest BCUT2D eigenvalue weighted by Crippen LogP contribution is 2.60. The zero-order valence-corrected chi connectivity index (χ0v) is 18.5. The quantitative estimate of drug-likeness (QED) is 0.318. The summed E-state index contributed by atoms with van der Waals surface area (Å²) in [7, 11) is 0. The van der Waals surface area contributed by atoms with E-state index in [9.17, 15) is 17.6 Å². The Bertz CT molecular complexity index is 1270. The number of hydrogen-bond acceptors (Lipinski definition) is 3. The van der Waals surface area contributed by atoms with E-state index in [-0.39, 0.29) is 17.9 Å². The van der Waals surface area contributed by atoms with Gasteiger partial charge in [-0.1, -0.05) is 0 Å². The monoisotopic (exact) mass is 500 g/mol. The van der Waals surface area contributed by atoms with Crippen LogP contribution in [0.5, 0.6) is 17.2 Å². The summed E-state index contributed by atoms with van der Waals surface area (Å²) in [5, 5.41) is 0. The van der Waals surface area contributed by atoms with E-state index in [1.807, 2.05) is 0 Å². The van der Waals surface area contributed by atoms with Gasteiger partial charge in [0.05, 0.1) is 24.3 Å². The molecule has 0 N–H and O–H groups in total. The average molecular weight is 500 g/mol. The Labute approximate surface area is 196 Å². The first-order valence-electron chi connectivity index (χ1n) is 10.6.